The number of hydrogen-bond donors (Lipinski definition) is 3. The molecule has 0 spiro atoms. The van der Waals surface area contributed by atoms with Crippen LogP contribution in [-0.4, -0.2) is 51.8 Å². The molecule has 0 aromatic carbocycles. The summed E-state index contributed by atoms with van der Waals surface area (Å²) in [7, 11) is 1.82. The number of aliphatic hydroxyl groups is 1. The fourth-order valence-electron chi connectivity index (χ4n) is 2.26. The minimum Gasteiger partial charge on any atom is -0.389 e. The predicted molar refractivity (Wildman–Crippen MR) is 91.9 cm³/mol. The maximum atomic E-state index is 11.9. The Balaban J connectivity index is 1.83. The second-order valence-corrected chi connectivity index (χ2v) is 6.22. The van der Waals surface area contributed by atoms with Crippen molar-refractivity contribution >= 4 is 22.8 Å². The summed E-state index contributed by atoms with van der Waals surface area (Å²) in [5, 5.41) is 20.2. The van der Waals surface area contributed by atoms with Gasteiger partial charge in [0.05, 0.1) is 30.3 Å². The number of carbonyl (C=O) groups excluding carboxylic acids is 1. The third-order valence-corrected chi connectivity index (χ3v) is 3.38. The van der Waals surface area contributed by atoms with Crippen LogP contribution in [0.4, 0.5) is 10.5 Å². The first-order chi connectivity index (χ1) is 11.4. The molecule has 0 aliphatic rings. The largest absolute Gasteiger partial charge is 0.389 e. The Morgan fingerprint density at radius 2 is 2.17 bits per heavy atom. The number of nitrogens with zero attached hydrogens (tertiary/aromatic N) is 3. The number of aliphatic hydroxyl groups excluding tert-OH is 1. The second-order valence-electron chi connectivity index (χ2n) is 6.22. The monoisotopic (exact) mass is 335 g/mol. The van der Waals surface area contributed by atoms with E-state index in [0.29, 0.717) is 18.2 Å². The van der Waals surface area contributed by atoms with E-state index >= 15 is 0 Å². The van der Waals surface area contributed by atoms with Crippen LogP contribution < -0.4 is 10.6 Å². The lowest BCUT2D eigenvalue weighted by Crippen LogP contribution is -2.37. The molecule has 0 saturated heterocycles. The zero-order chi connectivity index (χ0) is 17.7. The van der Waals surface area contributed by atoms with Crippen molar-refractivity contribution in [1.82, 2.24) is 20.1 Å². The smallest absolute Gasteiger partial charge is 0.319 e. The third kappa shape index (κ3) is 4.90. The number of ether oxygens (including phenoxy) is 1. The maximum Gasteiger partial charge on any atom is 0.319 e. The average molecular weight is 335 g/mol. The fourth-order valence-corrected chi connectivity index (χ4v) is 2.26. The van der Waals surface area contributed by atoms with E-state index in [2.05, 4.69) is 20.7 Å². The predicted octanol–water partition coefficient (Wildman–Crippen LogP) is 1.43. The van der Waals surface area contributed by atoms with Crippen LogP contribution in [0.1, 0.15) is 19.5 Å². The number of amides is 2. The minimum atomic E-state index is -0.740. The first-order valence-corrected chi connectivity index (χ1v) is 7.96. The molecule has 0 bridgehead atoms. The first kappa shape index (κ1) is 18.2. The Morgan fingerprint density at radius 3 is 2.88 bits per heavy atom. The lowest BCUT2D eigenvalue weighted by Gasteiger charge is -2.14. The van der Waals surface area contributed by atoms with Crippen molar-refractivity contribution in [3.8, 4) is 0 Å². The Labute approximate surface area is 141 Å². The quantitative estimate of drug-likeness (QED) is 0.710. The highest BCUT2D eigenvalue weighted by Gasteiger charge is 2.10. The van der Waals surface area contributed by atoms with Gasteiger partial charge >= 0.3 is 6.03 Å². The number of aromatic nitrogens is 3. The van der Waals surface area contributed by atoms with Crippen LogP contribution in [0.2, 0.25) is 0 Å². The molecule has 2 amide bonds. The van der Waals surface area contributed by atoms with Gasteiger partial charge in [-0.2, -0.15) is 5.10 Å². The average Bonchev–Trinajstić information content (AvgIpc) is 2.79. The maximum absolute atomic E-state index is 11.9. The summed E-state index contributed by atoms with van der Waals surface area (Å²) in [4.78, 5) is 16.2. The molecule has 132 valence electrons. The van der Waals surface area contributed by atoms with Crippen LogP contribution in [0.5, 0.6) is 0 Å². The SMILES string of the molecule is Cc1nn(C)c2ncc(NC(=O)NCC(O)COCC(C)C)cc12. The number of pyridine rings is 1. The van der Waals surface area contributed by atoms with Crippen LogP contribution in [-0.2, 0) is 11.8 Å². The van der Waals surface area contributed by atoms with Crippen molar-refractivity contribution in [3.05, 3.63) is 18.0 Å². The lowest BCUT2D eigenvalue weighted by molar-refractivity contribution is 0.0274. The zero-order valence-corrected chi connectivity index (χ0v) is 14.5. The summed E-state index contributed by atoms with van der Waals surface area (Å²) in [6.45, 7) is 6.85. The third-order valence-electron chi connectivity index (χ3n) is 3.38. The molecular weight excluding hydrogens is 310 g/mol. The number of rotatable bonds is 7. The summed E-state index contributed by atoms with van der Waals surface area (Å²) in [6, 6.07) is 1.42. The van der Waals surface area contributed by atoms with Gasteiger partial charge in [-0.3, -0.25) is 4.68 Å². The van der Waals surface area contributed by atoms with Gasteiger partial charge in [-0.1, -0.05) is 13.8 Å². The summed E-state index contributed by atoms with van der Waals surface area (Å²) in [5.41, 5.74) is 2.18. The van der Waals surface area contributed by atoms with Crippen LogP contribution in [0.25, 0.3) is 11.0 Å². The van der Waals surface area contributed by atoms with Gasteiger partial charge in [0.1, 0.15) is 0 Å². The lowest BCUT2D eigenvalue weighted by atomic mass is 10.2. The van der Waals surface area contributed by atoms with Gasteiger partial charge in [-0.15, -0.1) is 0 Å². The molecule has 0 aliphatic heterocycles. The van der Waals surface area contributed by atoms with E-state index in [1.165, 1.54) is 0 Å². The van der Waals surface area contributed by atoms with E-state index in [-0.39, 0.29) is 13.2 Å². The van der Waals surface area contributed by atoms with Crippen molar-refractivity contribution in [2.24, 2.45) is 13.0 Å². The van der Waals surface area contributed by atoms with E-state index in [1.54, 1.807) is 10.9 Å². The molecule has 0 saturated carbocycles. The van der Waals surface area contributed by atoms with Crippen molar-refractivity contribution in [1.29, 1.82) is 0 Å². The van der Waals surface area contributed by atoms with Gasteiger partial charge in [0.25, 0.3) is 0 Å². The zero-order valence-electron chi connectivity index (χ0n) is 14.5. The Kier molecular flexibility index (Phi) is 6.10. The molecule has 1 atom stereocenters. The van der Waals surface area contributed by atoms with Gasteiger partial charge < -0.3 is 20.5 Å². The number of urea groups is 1. The first-order valence-electron chi connectivity index (χ1n) is 7.96. The molecule has 8 nitrogen and oxygen atoms in total. The summed E-state index contributed by atoms with van der Waals surface area (Å²) in [5.74, 6) is 0.409. The van der Waals surface area contributed by atoms with Crippen LogP contribution >= 0.6 is 0 Å². The van der Waals surface area contributed by atoms with Crippen LogP contribution in [0.3, 0.4) is 0 Å². The molecular formula is C16H25N5O3. The molecule has 0 fully saturated rings. The second kappa shape index (κ2) is 8.07. The number of fused-ring (bicyclic) bond motifs is 1. The highest BCUT2D eigenvalue weighted by molar-refractivity contribution is 5.92. The summed E-state index contributed by atoms with van der Waals surface area (Å²) in [6.07, 6.45) is 0.834. The van der Waals surface area contributed by atoms with Crippen molar-refractivity contribution < 1.29 is 14.6 Å². The Bertz CT molecular complexity index is 698. The fraction of sp³-hybridized carbons (Fsp3) is 0.562. The van der Waals surface area contributed by atoms with E-state index in [4.69, 9.17) is 4.74 Å². The van der Waals surface area contributed by atoms with Gasteiger partial charge in [-0.05, 0) is 18.9 Å². The molecule has 2 aromatic heterocycles. The number of hydrogen-bond acceptors (Lipinski definition) is 5. The highest BCUT2D eigenvalue weighted by atomic mass is 16.5. The van der Waals surface area contributed by atoms with Gasteiger partial charge in [0.2, 0.25) is 0 Å². The summed E-state index contributed by atoms with van der Waals surface area (Å²) >= 11 is 0. The standard InChI is InChI=1S/C16H25N5O3/c1-10(2)8-24-9-13(22)7-18-16(23)19-12-5-14-11(3)20-21(4)15(14)17-6-12/h5-6,10,13,22H,7-9H2,1-4H3,(H2,18,19,23). The molecule has 24 heavy (non-hydrogen) atoms. The van der Waals surface area contributed by atoms with Crippen LogP contribution in [0.15, 0.2) is 12.3 Å². The van der Waals surface area contributed by atoms with E-state index in [1.807, 2.05) is 33.9 Å². The van der Waals surface area contributed by atoms with Crippen molar-refractivity contribution in [2.45, 2.75) is 26.9 Å². The van der Waals surface area contributed by atoms with E-state index in [9.17, 15) is 9.90 Å². The highest BCUT2D eigenvalue weighted by Crippen LogP contribution is 2.19. The molecule has 0 aliphatic carbocycles. The van der Waals surface area contributed by atoms with Gasteiger partial charge in [0.15, 0.2) is 5.65 Å². The number of carbonyl (C=O) groups is 1. The topological polar surface area (TPSA) is 101 Å². The number of anilines is 1. The number of aryl methyl sites for hydroxylation is 2. The normalized spacial score (nSPS) is 12.6. The van der Waals surface area contributed by atoms with Gasteiger partial charge in [0, 0.05) is 25.6 Å². The van der Waals surface area contributed by atoms with Crippen molar-refractivity contribution in [3.63, 3.8) is 0 Å². The number of nitrogens with one attached hydrogen (secondary N) is 2. The molecule has 0 radical (unpaired) electrons. The summed E-state index contributed by atoms with van der Waals surface area (Å²) < 4.78 is 7.03. The van der Waals surface area contributed by atoms with Crippen LogP contribution in [0, 0.1) is 12.8 Å². The molecule has 2 aromatic rings. The van der Waals surface area contributed by atoms with E-state index in [0.717, 1.165) is 16.7 Å². The minimum absolute atomic E-state index is 0.117. The van der Waals surface area contributed by atoms with E-state index < -0.39 is 12.1 Å². The molecule has 3 N–H and O–H groups in total. The Morgan fingerprint density at radius 1 is 1.42 bits per heavy atom. The molecule has 8 heteroatoms. The molecule has 2 heterocycles. The molecule has 2 rings (SSSR count). The van der Waals surface area contributed by atoms with Crippen molar-refractivity contribution in [2.75, 3.05) is 25.1 Å². The Hall–Kier alpha value is -2.19. The molecule has 1 unspecified atom stereocenters. The van der Waals surface area contributed by atoms with Gasteiger partial charge in [-0.25, -0.2) is 9.78 Å².